The summed E-state index contributed by atoms with van der Waals surface area (Å²) in [5, 5.41) is 10.0. The Morgan fingerprint density at radius 3 is 2.82 bits per heavy atom. The maximum Gasteiger partial charge on any atom is 0.369 e. The maximum atomic E-state index is 11.8. The largest absolute Gasteiger partial charge is 0.462 e. The number of allylic oxidation sites excluding steroid dienone is 2. The molecule has 126 valence electrons. The van der Waals surface area contributed by atoms with Crippen LogP contribution >= 0.6 is 0 Å². The zero-order valence-corrected chi connectivity index (χ0v) is 14.1. The molecule has 0 bridgehead atoms. The third kappa shape index (κ3) is 5.55. The second-order valence-electron chi connectivity index (χ2n) is 6.10. The summed E-state index contributed by atoms with van der Waals surface area (Å²) in [7, 11) is 0. The zero-order chi connectivity index (χ0) is 16.8. The Bertz CT molecular complexity index is 425. The third-order valence-corrected chi connectivity index (χ3v) is 3.86. The fraction of sp³-hybridized carbons (Fsp3) is 0.706. The molecule has 3 unspecified atom stereocenters. The van der Waals surface area contributed by atoms with Gasteiger partial charge in [-0.15, -0.1) is 0 Å². The molecule has 22 heavy (non-hydrogen) atoms. The van der Waals surface area contributed by atoms with Crippen molar-refractivity contribution in [3.05, 3.63) is 23.8 Å². The minimum absolute atomic E-state index is 0.259. The van der Waals surface area contributed by atoms with Crippen molar-refractivity contribution in [3.8, 4) is 0 Å². The van der Waals surface area contributed by atoms with Crippen molar-refractivity contribution >= 4 is 5.97 Å². The lowest BCUT2D eigenvalue weighted by atomic mass is 9.84. The number of ether oxygens (including phenoxy) is 1. The van der Waals surface area contributed by atoms with E-state index in [2.05, 4.69) is 12.7 Å². The van der Waals surface area contributed by atoms with Gasteiger partial charge in [-0.1, -0.05) is 31.6 Å². The van der Waals surface area contributed by atoms with E-state index in [0.29, 0.717) is 5.92 Å². The molecule has 0 heterocycles. The number of carbonyl (C=O) groups excluding carboxylic acids is 1. The second kappa shape index (κ2) is 8.46. The van der Waals surface area contributed by atoms with Crippen LogP contribution in [0, 0.1) is 5.92 Å². The van der Waals surface area contributed by atoms with E-state index >= 15 is 0 Å². The predicted molar refractivity (Wildman–Crippen MR) is 83.7 cm³/mol. The van der Waals surface area contributed by atoms with Gasteiger partial charge in [-0.2, -0.15) is 4.89 Å². The van der Waals surface area contributed by atoms with Crippen molar-refractivity contribution in [2.24, 2.45) is 5.92 Å². The van der Waals surface area contributed by atoms with Crippen molar-refractivity contribution < 1.29 is 24.4 Å². The fourth-order valence-electron chi connectivity index (χ4n) is 2.15. The minimum Gasteiger partial charge on any atom is -0.462 e. The first-order valence-electron chi connectivity index (χ1n) is 7.84. The first-order valence-corrected chi connectivity index (χ1v) is 7.84. The molecule has 0 aromatic carbocycles. The molecule has 0 fully saturated rings. The van der Waals surface area contributed by atoms with Gasteiger partial charge in [-0.3, -0.25) is 0 Å². The van der Waals surface area contributed by atoms with E-state index < -0.39 is 11.8 Å². The van der Waals surface area contributed by atoms with Crippen LogP contribution in [0.1, 0.15) is 53.4 Å². The Balaban J connectivity index is 2.52. The summed E-state index contributed by atoms with van der Waals surface area (Å²) in [5.74, 6) is -2.63. The van der Waals surface area contributed by atoms with Crippen molar-refractivity contribution in [3.63, 3.8) is 0 Å². The van der Waals surface area contributed by atoms with Gasteiger partial charge in [0.2, 0.25) is 0 Å². The molecular formula is C17H28O5. The lowest BCUT2D eigenvalue weighted by Gasteiger charge is -2.30. The van der Waals surface area contributed by atoms with Crippen LogP contribution in [0.3, 0.4) is 0 Å². The molecule has 3 atom stereocenters. The molecule has 0 saturated heterocycles. The number of rotatable bonds is 8. The lowest BCUT2D eigenvalue weighted by Crippen LogP contribution is -2.41. The van der Waals surface area contributed by atoms with E-state index in [4.69, 9.17) is 14.5 Å². The molecule has 0 radical (unpaired) electrons. The number of unbranched alkanes of at least 4 members (excludes halogenated alkanes) is 1. The van der Waals surface area contributed by atoms with Crippen LogP contribution in [0.25, 0.3) is 0 Å². The van der Waals surface area contributed by atoms with Gasteiger partial charge in [0.1, 0.15) is 6.10 Å². The number of esters is 1. The van der Waals surface area contributed by atoms with Gasteiger partial charge < -0.3 is 9.84 Å². The summed E-state index contributed by atoms with van der Waals surface area (Å²) in [6.07, 6.45) is 5.07. The molecule has 5 nitrogen and oxygen atoms in total. The first kappa shape index (κ1) is 18.9. The Morgan fingerprint density at radius 2 is 2.23 bits per heavy atom. The molecule has 0 amide bonds. The molecule has 1 aliphatic carbocycles. The summed E-state index contributed by atoms with van der Waals surface area (Å²) in [6, 6.07) is 0. The number of aliphatic hydroxyl groups is 1. The summed E-state index contributed by atoms with van der Waals surface area (Å²) in [5.41, 5.74) is 2.11. The van der Waals surface area contributed by atoms with Crippen molar-refractivity contribution in [2.45, 2.75) is 65.3 Å². The molecule has 0 aliphatic heterocycles. The van der Waals surface area contributed by atoms with Gasteiger partial charge in [-0.25, -0.2) is 9.68 Å². The van der Waals surface area contributed by atoms with Crippen molar-refractivity contribution in [2.75, 3.05) is 6.61 Å². The van der Waals surface area contributed by atoms with E-state index in [9.17, 15) is 9.90 Å². The molecule has 0 aromatic heterocycles. The average Bonchev–Trinajstić information content (AvgIpc) is 2.46. The highest BCUT2D eigenvalue weighted by atomic mass is 17.2. The van der Waals surface area contributed by atoms with Gasteiger partial charge in [0.05, 0.1) is 6.61 Å². The molecule has 1 N–H and O–H groups in total. The number of hydrogen-bond donors (Lipinski definition) is 1. The summed E-state index contributed by atoms with van der Waals surface area (Å²) < 4.78 is 4.95. The van der Waals surface area contributed by atoms with Crippen LogP contribution in [-0.2, 0) is 19.3 Å². The SMILES string of the molecule is C=C(C)C1CC=C(C)C(OOC(C)(O)C(=O)OCCCC)C1. The lowest BCUT2D eigenvalue weighted by molar-refractivity contribution is -0.416. The molecule has 0 spiro atoms. The van der Waals surface area contributed by atoms with E-state index in [0.717, 1.165) is 36.8 Å². The normalized spacial score (nSPS) is 24.3. The van der Waals surface area contributed by atoms with E-state index in [1.807, 2.05) is 20.8 Å². The maximum absolute atomic E-state index is 11.8. The smallest absolute Gasteiger partial charge is 0.369 e. The topological polar surface area (TPSA) is 65.0 Å². The number of carbonyl (C=O) groups is 1. The Morgan fingerprint density at radius 1 is 1.55 bits per heavy atom. The van der Waals surface area contributed by atoms with E-state index in [1.165, 1.54) is 6.92 Å². The Hall–Kier alpha value is -1.17. The fourth-order valence-corrected chi connectivity index (χ4v) is 2.15. The molecule has 1 rings (SSSR count). The quantitative estimate of drug-likeness (QED) is 0.186. The monoisotopic (exact) mass is 312 g/mol. The van der Waals surface area contributed by atoms with Gasteiger partial charge in [0, 0.05) is 6.92 Å². The average molecular weight is 312 g/mol. The Labute approximate surface area is 132 Å². The van der Waals surface area contributed by atoms with Gasteiger partial charge >= 0.3 is 5.97 Å². The second-order valence-corrected chi connectivity index (χ2v) is 6.10. The van der Waals surface area contributed by atoms with E-state index in [1.54, 1.807) is 0 Å². The highest BCUT2D eigenvalue weighted by Gasteiger charge is 2.37. The highest BCUT2D eigenvalue weighted by molar-refractivity contribution is 5.76. The molecule has 1 aliphatic rings. The van der Waals surface area contributed by atoms with Crippen LogP contribution in [0.5, 0.6) is 0 Å². The molecule has 0 saturated carbocycles. The molecular weight excluding hydrogens is 284 g/mol. The van der Waals surface area contributed by atoms with Crippen molar-refractivity contribution in [1.29, 1.82) is 0 Å². The van der Waals surface area contributed by atoms with Crippen LogP contribution < -0.4 is 0 Å². The first-order chi connectivity index (χ1) is 10.3. The molecule has 0 aromatic rings. The molecule has 5 heteroatoms. The van der Waals surface area contributed by atoms with Gasteiger partial charge in [-0.05, 0) is 44.6 Å². The predicted octanol–water partition coefficient (Wildman–Crippen LogP) is 3.29. The van der Waals surface area contributed by atoms with Crippen LogP contribution in [0.4, 0.5) is 0 Å². The van der Waals surface area contributed by atoms with E-state index in [-0.39, 0.29) is 12.7 Å². The summed E-state index contributed by atoms with van der Waals surface area (Å²) in [6.45, 7) is 11.4. The highest BCUT2D eigenvalue weighted by Crippen LogP contribution is 2.31. The number of hydrogen-bond acceptors (Lipinski definition) is 5. The Kier molecular flexibility index (Phi) is 7.26. The van der Waals surface area contributed by atoms with Gasteiger partial charge in [0.15, 0.2) is 0 Å². The summed E-state index contributed by atoms with van der Waals surface area (Å²) >= 11 is 0. The van der Waals surface area contributed by atoms with Crippen LogP contribution in [0.2, 0.25) is 0 Å². The van der Waals surface area contributed by atoms with Gasteiger partial charge in [0.25, 0.3) is 5.79 Å². The van der Waals surface area contributed by atoms with Crippen LogP contribution in [0.15, 0.2) is 23.8 Å². The van der Waals surface area contributed by atoms with Crippen molar-refractivity contribution in [1.82, 2.24) is 0 Å². The summed E-state index contributed by atoms with van der Waals surface area (Å²) in [4.78, 5) is 22.0. The standard InChI is InChI=1S/C17H28O5/c1-6-7-10-20-16(18)17(5,19)22-21-15-11-14(12(2)3)9-8-13(15)4/h8,14-15,19H,2,6-7,9-11H2,1,3-5H3. The minimum atomic E-state index is -2.11. The third-order valence-electron chi connectivity index (χ3n) is 3.86. The zero-order valence-electron chi connectivity index (χ0n) is 14.1. The van der Waals surface area contributed by atoms with Crippen LogP contribution in [-0.4, -0.2) is 29.6 Å².